The highest BCUT2D eigenvalue weighted by Crippen LogP contribution is 2.37. The SMILES string of the molecule is Cc1c(F)ccc2cc([C@@H](N)C(F)(F)F)c(-c3cccnc3)nc12. The summed E-state index contributed by atoms with van der Waals surface area (Å²) in [5, 5.41) is 0.399. The van der Waals surface area contributed by atoms with Crippen molar-refractivity contribution >= 4 is 10.9 Å². The molecular weight excluding hydrogens is 322 g/mol. The van der Waals surface area contributed by atoms with Gasteiger partial charge in [0.15, 0.2) is 0 Å². The third-order valence-corrected chi connectivity index (χ3v) is 3.83. The van der Waals surface area contributed by atoms with Crippen molar-refractivity contribution in [3.8, 4) is 11.3 Å². The van der Waals surface area contributed by atoms with E-state index in [2.05, 4.69) is 9.97 Å². The summed E-state index contributed by atoms with van der Waals surface area (Å²) < 4.78 is 53.2. The number of hydrogen-bond acceptors (Lipinski definition) is 3. The van der Waals surface area contributed by atoms with Crippen molar-refractivity contribution in [2.75, 3.05) is 0 Å². The number of hydrogen-bond donors (Lipinski definition) is 1. The fourth-order valence-electron chi connectivity index (χ4n) is 2.52. The van der Waals surface area contributed by atoms with Crippen LogP contribution in [0, 0.1) is 12.7 Å². The van der Waals surface area contributed by atoms with E-state index in [0.29, 0.717) is 16.5 Å². The van der Waals surface area contributed by atoms with Gasteiger partial charge in [0.1, 0.15) is 11.9 Å². The van der Waals surface area contributed by atoms with E-state index >= 15 is 0 Å². The number of nitrogens with two attached hydrogens (primary N) is 1. The molecule has 2 N–H and O–H groups in total. The number of fused-ring (bicyclic) bond motifs is 1. The minimum Gasteiger partial charge on any atom is -0.316 e. The molecule has 124 valence electrons. The zero-order valence-electron chi connectivity index (χ0n) is 12.6. The minimum absolute atomic E-state index is 0.0501. The van der Waals surface area contributed by atoms with E-state index in [1.165, 1.54) is 37.5 Å². The zero-order chi connectivity index (χ0) is 17.5. The average molecular weight is 335 g/mol. The van der Waals surface area contributed by atoms with Crippen LogP contribution in [0.3, 0.4) is 0 Å². The summed E-state index contributed by atoms with van der Waals surface area (Å²) in [5.41, 5.74) is 6.24. The van der Waals surface area contributed by atoms with E-state index in [1.54, 1.807) is 12.1 Å². The van der Waals surface area contributed by atoms with Gasteiger partial charge in [-0.15, -0.1) is 0 Å². The normalized spacial score (nSPS) is 13.2. The van der Waals surface area contributed by atoms with Crippen LogP contribution in [0.4, 0.5) is 17.6 Å². The molecule has 24 heavy (non-hydrogen) atoms. The van der Waals surface area contributed by atoms with Gasteiger partial charge >= 0.3 is 6.18 Å². The van der Waals surface area contributed by atoms with Crippen molar-refractivity contribution in [2.24, 2.45) is 5.73 Å². The Bertz CT molecular complexity index is 892. The lowest BCUT2D eigenvalue weighted by Crippen LogP contribution is -2.29. The van der Waals surface area contributed by atoms with Gasteiger partial charge in [-0.05, 0) is 37.3 Å². The van der Waals surface area contributed by atoms with Crippen molar-refractivity contribution in [1.29, 1.82) is 0 Å². The summed E-state index contributed by atoms with van der Waals surface area (Å²) in [7, 11) is 0. The lowest BCUT2D eigenvalue weighted by atomic mass is 9.97. The molecule has 0 radical (unpaired) electrons. The second kappa shape index (κ2) is 5.83. The number of aryl methyl sites for hydroxylation is 1. The van der Waals surface area contributed by atoms with Crippen LogP contribution in [-0.2, 0) is 0 Å². The molecule has 0 saturated carbocycles. The third-order valence-electron chi connectivity index (χ3n) is 3.83. The fraction of sp³-hybridized carbons (Fsp3) is 0.176. The summed E-state index contributed by atoms with van der Waals surface area (Å²) >= 11 is 0. The summed E-state index contributed by atoms with van der Waals surface area (Å²) in [6.45, 7) is 1.53. The van der Waals surface area contributed by atoms with Crippen LogP contribution in [-0.4, -0.2) is 16.1 Å². The molecule has 0 aliphatic rings. The Kier molecular flexibility index (Phi) is 3.96. The van der Waals surface area contributed by atoms with Gasteiger partial charge in [0.05, 0.1) is 11.2 Å². The summed E-state index contributed by atoms with van der Waals surface area (Å²) in [6.07, 6.45) is -1.73. The van der Waals surface area contributed by atoms with Gasteiger partial charge in [0, 0.05) is 34.5 Å². The molecule has 2 heterocycles. The molecule has 0 bridgehead atoms. The second-order valence-electron chi connectivity index (χ2n) is 5.43. The first-order valence-electron chi connectivity index (χ1n) is 7.11. The van der Waals surface area contributed by atoms with Gasteiger partial charge in [-0.3, -0.25) is 4.98 Å². The van der Waals surface area contributed by atoms with Crippen molar-refractivity contribution in [3.63, 3.8) is 0 Å². The van der Waals surface area contributed by atoms with E-state index < -0.39 is 18.0 Å². The molecule has 0 amide bonds. The maximum Gasteiger partial charge on any atom is 0.407 e. The molecule has 0 saturated heterocycles. The molecule has 3 nitrogen and oxygen atoms in total. The van der Waals surface area contributed by atoms with E-state index in [0.717, 1.165) is 0 Å². The van der Waals surface area contributed by atoms with E-state index in [-0.39, 0.29) is 16.8 Å². The van der Waals surface area contributed by atoms with Crippen LogP contribution in [0.1, 0.15) is 17.2 Å². The van der Waals surface area contributed by atoms with Crippen LogP contribution in [0.15, 0.2) is 42.7 Å². The first-order valence-corrected chi connectivity index (χ1v) is 7.11. The molecule has 0 aliphatic carbocycles. The van der Waals surface area contributed by atoms with Crippen LogP contribution >= 0.6 is 0 Å². The first-order chi connectivity index (χ1) is 11.3. The monoisotopic (exact) mass is 335 g/mol. The third kappa shape index (κ3) is 2.82. The Morgan fingerprint density at radius 2 is 1.92 bits per heavy atom. The predicted molar refractivity (Wildman–Crippen MR) is 82.7 cm³/mol. The van der Waals surface area contributed by atoms with E-state index in [4.69, 9.17) is 5.73 Å². The Balaban J connectivity index is 2.34. The number of rotatable bonds is 2. The lowest BCUT2D eigenvalue weighted by molar-refractivity contribution is -0.149. The Labute approximate surface area is 135 Å². The van der Waals surface area contributed by atoms with Gasteiger partial charge in [-0.2, -0.15) is 13.2 Å². The number of benzene rings is 1. The molecule has 7 heteroatoms. The van der Waals surface area contributed by atoms with Crippen LogP contribution in [0.25, 0.3) is 22.2 Å². The molecule has 2 aromatic heterocycles. The second-order valence-corrected chi connectivity index (χ2v) is 5.43. The van der Waals surface area contributed by atoms with Gasteiger partial charge in [-0.25, -0.2) is 9.37 Å². The largest absolute Gasteiger partial charge is 0.407 e. The number of nitrogens with zero attached hydrogens (tertiary/aromatic N) is 2. The minimum atomic E-state index is -4.62. The van der Waals surface area contributed by atoms with Gasteiger partial charge in [0.25, 0.3) is 0 Å². The highest BCUT2D eigenvalue weighted by atomic mass is 19.4. The molecule has 1 atom stereocenters. The quantitative estimate of drug-likeness (QED) is 0.710. The summed E-state index contributed by atoms with van der Waals surface area (Å²) in [4.78, 5) is 8.19. The van der Waals surface area contributed by atoms with Gasteiger partial charge in [-0.1, -0.05) is 0 Å². The standard InChI is InChI=1S/C17H13F4N3/c1-9-13(18)5-4-10-7-12(16(22)17(19,20)21)15(24-14(9)10)11-3-2-6-23-8-11/h2-8,16H,22H2,1H3/t16-/m1/s1. The lowest BCUT2D eigenvalue weighted by Gasteiger charge is -2.20. The smallest absolute Gasteiger partial charge is 0.316 e. The maximum absolute atomic E-state index is 13.8. The molecule has 1 aromatic carbocycles. The van der Waals surface area contributed by atoms with Gasteiger partial charge in [0.2, 0.25) is 0 Å². The topological polar surface area (TPSA) is 51.8 Å². The van der Waals surface area contributed by atoms with Crippen LogP contribution < -0.4 is 5.73 Å². The highest BCUT2D eigenvalue weighted by molar-refractivity contribution is 5.86. The number of halogens is 4. The molecule has 0 fully saturated rings. The molecule has 0 spiro atoms. The Hall–Kier alpha value is -2.54. The van der Waals surface area contributed by atoms with Crippen molar-refractivity contribution in [1.82, 2.24) is 9.97 Å². The summed E-state index contributed by atoms with van der Waals surface area (Å²) in [5.74, 6) is -0.472. The Morgan fingerprint density at radius 1 is 1.17 bits per heavy atom. The van der Waals surface area contributed by atoms with Crippen LogP contribution in [0.5, 0.6) is 0 Å². The highest BCUT2D eigenvalue weighted by Gasteiger charge is 2.39. The average Bonchev–Trinajstić information content (AvgIpc) is 2.56. The van der Waals surface area contributed by atoms with Crippen molar-refractivity contribution in [3.05, 3.63) is 59.7 Å². The summed E-state index contributed by atoms with van der Waals surface area (Å²) in [6, 6.07) is 4.88. The maximum atomic E-state index is 13.8. The van der Waals surface area contributed by atoms with Crippen molar-refractivity contribution in [2.45, 2.75) is 19.1 Å². The molecule has 3 rings (SSSR count). The van der Waals surface area contributed by atoms with Gasteiger partial charge < -0.3 is 5.73 Å². The fourth-order valence-corrected chi connectivity index (χ4v) is 2.52. The molecule has 0 unspecified atom stereocenters. The van der Waals surface area contributed by atoms with E-state index in [9.17, 15) is 17.6 Å². The molecule has 3 aromatic rings. The van der Waals surface area contributed by atoms with E-state index in [1.807, 2.05) is 0 Å². The Morgan fingerprint density at radius 3 is 2.54 bits per heavy atom. The van der Waals surface area contributed by atoms with Crippen molar-refractivity contribution < 1.29 is 17.6 Å². The van der Waals surface area contributed by atoms with Crippen LogP contribution in [0.2, 0.25) is 0 Å². The predicted octanol–water partition coefficient (Wildman–Crippen LogP) is 4.31. The zero-order valence-corrected chi connectivity index (χ0v) is 12.6. The number of pyridine rings is 2. The number of alkyl halides is 3. The number of aromatic nitrogens is 2. The molecule has 0 aliphatic heterocycles. The first kappa shape index (κ1) is 16.3. The molecular formula is C17H13F4N3.